The van der Waals surface area contributed by atoms with Gasteiger partial charge in [0.25, 0.3) is 0 Å². The van der Waals surface area contributed by atoms with Crippen molar-refractivity contribution in [3.8, 4) is 17.2 Å². The molecule has 8 nitrogen and oxygen atoms in total. The molecule has 1 fully saturated rings. The highest BCUT2D eigenvalue weighted by molar-refractivity contribution is 5.90. The predicted octanol–water partition coefficient (Wildman–Crippen LogP) is 4.23. The highest BCUT2D eigenvalue weighted by Crippen LogP contribution is 2.38. The van der Waals surface area contributed by atoms with Gasteiger partial charge in [0.05, 0.1) is 26.8 Å². The van der Waals surface area contributed by atoms with E-state index in [0.29, 0.717) is 35.3 Å². The van der Waals surface area contributed by atoms with E-state index in [4.69, 9.17) is 24.2 Å². The summed E-state index contributed by atoms with van der Waals surface area (Å²) in [5, 5.41) is 8.34. The molecule has 0 amide bonds. The van der Waals surface area contributed by atoms with Crippen molar-refractivity contribution in [2.45, 2.75) is 44.3 Å². The van der Waals surface area contributed by atoms with E-state index in [9.17, 15) is 0 Å². The van der Waals surface area contributed by atoms with Crippen molar-refractivity contribution < 1.29 is 14.2 Å². The monoisotopic (exact) mass is 465 g/mol. The third kappa shape index (κ3) is 5.28. The van der Waals surface area contributed by atoms with Crippen molar-refractivity contribution in [1.82, 2.24) is 15.3 Å². The molecule has 1 aliphatic carbocycles. The maximum atomic E-state index is 5.48. The highest BCUT2D eigenvalue weighted by atomic mass is 16.5. The molecule has 8 heteroatoms. The summed E-state index contributed by atoms with van der Waals surface area (Å²) in [6.07, 6.45) is 4.33. The van der Waals surface area contributed by atoms with E-state index in [1.54, 1.807) is 21.3 Å². The molecule has 1 aliphatic rings. The minimum absolute atomic E-state index is 0.371. The van der Waals surface area contributed by atoms with Crippen molar-refractivity contribution in [3.63, 3.8) is 0 Å². The Balaban J connectivity index is 1.35. The van der Waals surface area contributed by atoms with Gasteiger partial charge in [-0.1, -0.05) is 12.1 Å². The van der Waals surface area contributed by atoms with E-state index in [1.165, 1.54) is 0 Å². The molecule has 0 unspecified atom stereocenters. The van der Waals surface area contributed by atoms with Crippen LogP contribution in [-0.4, -0.2) is 57.5 Å². The van der Waals surface area contributed by atoms with Crippen LogP contribution in [0.5, 0.6) is 17.2 Å². The van der Waals surface area contributed by atoms with E-state index in [1.807, 2.05) is 49.3 Å². The topological polar surface area (TPSA) is 80.8 Å². The number of aromatic nitrogens is 2. The van der Waals surface area contributed by atoms with Gasteiger partial charge in [0.1, 0.15) is 5.82 Å². The molecule has 1 aromatic heterocycles. The summed E-state index contributed by atoms with van der Waals surface area (Å²) in [5.41, 5.74) is 2.07. The number of anilines is 2. The average molecular weight is 466 g/mol. The maximum absolute atomic E-state index is 5.48. The molecule has 0 bridgehead atoms. The van der Waals surface area contributed by atoms with Crippen LogP contribution < -0.4 is 29.7 Å². The molecule has 0 saturated heterocycles. The van der Waals surface area contributed by atoms with E-state index >= 15 is 0 Å². The first kappa shape index (κ1) is 23.9. The van der Waals surface area contributed by atoms with E-state index in [0.717, 1.165) is 54.5 Å². The number of hydrogen-bond donors (Lipinski definition) is 2. The summed E-state index contributed by atoms with van der Waals surface area (Å²) >= 11 is 0. The van der Waals surface area contributed by atoms with Gasteiger partial charge in [0, 0.05) is 38.1 Å². The number of para-hydroxylation sites is 1. The lowest BCUT2D eigenvalue weighted by atomic mass is 9.91. The van der Waals surface area contributed by atoms with Gasteiger partial charge in [-0.25, -0.2) is 4.98 Å². The normalized spacial score (nSPS) is 17.9. The van der Waals surface area contributed by atoms with Gasteiger partial charge in [0.15, 0.2) is 11.5 Å². The minimum atomic E-state index is 0.371. The second-order valence-electron chi connectivity index (χ2n) is 8.89. The number of nitrogens with zero attached hydrogens (tertiary/aromatic N) is 3. The number of methoxy groups -OCH3 is 3. The zero-order valence-corrected chi connectivity index (χ0v) is 20.7. The molecule has 0 aliphatic heterocycles. The zero-order chi connectivity index (χ0) is 24.1. The van der Waals surface area contributed by atoms with Gasteiger partial charge in [-0.3, -0.25) is 0 Å². The largest absolute Gasteiger partial charge is 0.493 e. The van der Waals surface area contributed by atoms with Crippen LogP contribution in [0.15, 0.2) is 36.4 Å². The predicted molar refractivity (Wildman–Crippen MR) is 136 cm³/mol. The number of hydrogen-bond acceptors (Lipinski definition) is 8. The number of ether oxygens (including phenoxy) is 3. The molecule has 0 radical (unpaired) electrons. The molecule has 1 heterocycles. The first-order valence-electron chi connectivity index (χ1n) is 11.7. The van der Waals surface area contributed by atoms with Crippen LogP contribution in [0, 0.1) is 0 Å². The fraction of sp³-hybridized carbons (Fsp3) is 0.462. The molecule has 1 saturated carbocycles. The molecule has 0 spiro atoms. The molecule has 3 aromatic rings. The van der Waals surface area contributed by atoms with Crippen molar-refractivity contribution >= 4 is 22.7 Å². The van der Waals surface area contributed by atoms with Gasteiger partial charge >= 0.3 is 0 Å². The third-order valence-corrected chi connectivity index (χ3v) is 6.39. The Morgan fingerprint density at radius 2 is 1.53 bits per heavy atom. The van der Waals surface area contributed by atoms with Crippen LogP contribution in [0.25, 0.3) is 10.9 Å². The lowest BCUT2D eigenvalue weighted by Crippen LogP contribution is -2.37. The van der Waals surface area contributed by atoms with Gasteiger partial charge in [-0.2, -0.15) is 4.98 Å². The first-order valence-corrected chi connectivity index (χ1v) is 11.7. The second-order valence-corrected chi connectivity index (χ2v) is 8.89. The highest BCUT2D eigenvalue weighted by Gasteiger charge is 2.22. The second kappa shape index (κ2) is 10.8. The maximum Gasteiger partial charge on any atom is 0.225 e. The first-order chi connectivity index (χ1) is 16.5. The Morgan fingerprint density at radius 1 is 0.882 bits per heavy atom. The van der Waals surface area contributed by atoms with Gasteiger partial charge in [0.2, 0.25) is 11.7 Å². The van der Waals surface area contributed by atoms with Crippen molar-refractivity contribution in [2.24, 2.45) is 0 Å². The lowest BCUT2D eigenvalue weighted by Gasteiger charge is -2.30. The lowest BCUT2D eigenvalue weighted by molar-refractivity contribution is 0.322. The molecule has 34 heavy (non-hydrogen) atoms. The number of rotatable bonds is 9. The fourth-order valence-electron chi connectivity index (χ4n) is 4.59. The fourth-order valence-corrected chi connectivity index (χ4v) is 4.59. The molecule has 182 valence electrons. The summed E-state index contributed by atoms with van der Waals surface area (Å²) in [5.74, 6) is 3.62. The average Bonchev–Trinajstić information content (AvgIpc) is 2.87. The SMILES string of the molecule is COc1cc(CN[C@H]2CC[C@@H](Nc3nc(N(C)C)c4ccccc4n3)CC2)cc(OC)c1OC. The van der Waals surface area contributed by atoms with Crippen LogP contribution in [0.2, 0.25) is 0 Å². The number of nitrogens with one attached hydrogen (secondary N) is 2. The summed E-state index contributed by atoms with van der Waals surface area (Å²) < 4.78 is 16.4. The third-order valence-electron chi connectivity index (χ3n) is 6.39. The van der Waals surface area contributed by atoms with Gasteiger partial charge in [-0.15, -0.1) is 0 Å². The molecular formula is C26H35N5O3. The quantitative estimate of drug-likeness (QED) is 0.486. The molecule has 2 N–H and O–H groups in total. The summed E-state index contributed by atoms with van der Waals surface area (Å²) in [4.78, 5) is 11.6. The smallest absolute Gasteiger partial charge is 0.225 e. The van der Waals surface area contributed by atoms with E-state index in [2.05, 4.69) is 16.7 Å². The van der Waals surface area contributed by atoms with Crippen molar-refractivity contribution in [3.05, 3.63) is 42.0 Å². The van der Waals surface area contributed by atoms with Crippen molar-refractivity contribution in [2.75, 3.05) is 45.6 Å². The number of benzene rings is 2. The molecule has 4 rings (SSSR count). The molecular weight excluding hydrogens is 430 g/mol. The van der Waals surface area contributed by atoms with Crippen LogP contribution in [-0.2, 0) is 6.54 Å². The summed E-state index contributed by atoms with van der Waals surface area (Å²) in [6, 6.07) is 13.0. The summed E-state index contributed by atoms with van der Waals surface area (Å²) in [7, 11) is 8.94. The Hall–Kier alpha value is -3.26. The van der Waals surface area contributed by atoms with Crippen LogP contribution in [0.1, 0.15) is 31.2 Å². The molecule has 0 atom stereocenters. The minimum Gasteiger partial charge on any atom is -0.493 e. The van der Waals surface area contributed by atoms with Crippen LogP contribution in [0.3, 0.4) is 0 Å². The number of fused-ring (bicyclic) bond motifs is 1. The van der Waals surface area contributed by atoms with Gasteiger partial charge < -0.3 is 29.7 Å². The Morgan fingerprint density at radius 3 is 2.15 bits per heavy atom. The van der Waals surface area contributed by atoms with E-state index in [-0.39, 0.29) is 0 Å². The summed E-state index contributed by atoms with van der Waals surface area (Å²) in [6.45, 7) is 0.749. The Labute approximate surface area is 201 Å². The standard InChI is InChI=1S/C26H35N5O3/c1-31(2)25-20-8-6-7-9-21(20)29-26(30-25)28-19-12-10-18(11-13-19)27-16-17-14-22(32-3)24(34-5)23(15-17)33-4/h6-9,14-15,18-19,27H,10-13,16H2,1-5H3,(H,28,29,30)/t18-,19+. The van der Waals surface area contributed by atoms with E-state index < -0.39 is 0 Å². The zero-order valence-electron chi connectivity index (χ0n) is 20.7. The Bertz CT molecular complexity index is 1090. The van der Waals surface area contributed by atoms with Gasteiger partial charge in [-0.05, 0) is 55.5 Å². The van der Waals surface area contributed by atoms with Crippen LogP contribution in [0.4, 0.5) is 11.8 Å². The Kier molecular flexibility index (Phi) is 7.57. The van der Waals surface area contributed by atoms with Crippen LogP contribution >= 0.6 is 0 Å². The van der Waals surface area contributed by atoms with Crippen molar-refractivity contribution in [1.29, 1.82) is 0 Å². The molecule has 2 aromatic carbocycles.